The zero-order valence-electron chi connectivity index (χ0n) is 15.3. The maximum Gasteiger partial charge on any atom is 0.315 e. The van der Waals surface area contributed by atoms with Gasteiger partial charge in [0.15, 0.2) is 0 Å². The van der Waals surface area contributed by atoms with Crippen LogP contribution >= 0.6 is 7.82 Å². The lowest BCUT2D eigenvalue weighted by Gasteiger charge is -2.19. The third kappa shape index (κ3) is 11.8. The van der Waals surface area contributed by atoms with Gasteiger partial charge >= 0.3 is 6.03 Å². The van der Waals surface area contributed by atoms with Gasteiger partial charge in [0.25, 0.3) is 7.82 Å². The standard InChI is InChI=1S/C14H29N4O7P/c1-15-12(19)10-11(13(20)16-2)18-14(21)17-8-6-4-5-7-9-25-26(22,23)24-3/h11H,4-10H2,1-3H3,(H,15,19)(H,16,20)(H,22,23)(H2,17,18,21)/p-1. The fourth-order valence-corrected chi connectivity index (χ4v) is 2.35. The van der Waals surface area contributed by atoms with Crippen molar-refractivity contribution in [2.24, 2.45) is 0 Å². The van der Waals surface area contributed by atoms with E-state index < -0.39 is 25.8 Å². The van der Waals surface area contributed by atoms with Gasteiger partial charge in [0, 0.05) is 27.7 Å². The van der Waals surface area contributed by atoms with Crippen LogP contribution in [0.5, 0.6) is 0 Å². The quantitative estimate of drug-likeness (QED) is 0.235. The molecular formula is C14H28N4O7P-. The van der Waals surface area contributed by atoms with Crippen molar-refractivity contribution in [3.8, 4) is 0 Å². The van der Waals surface area contributed by atoms with Gasteiger partial charge in [-0.25, -0.2) is 4.79 Å². The predicted octanol–water partition coefficient (Wildman–Crippen LogP) is -0.772. The van der Waals surface area contributed by atoms with E-state index in [0.29, 0.717) is 19.4 Å². The van der Waals surface area contributed by atoms with Crippen molar-refractivity contribution in [3.05, 3.63) is 0 Å². The lowest BCUT2D eigenvalue weighted by molar-refractivity contribution is -0.223. The van der Waals surface area contributed by atoms with E-state index in [0.717, 1.165) is 20.0 Å². The number of phosphoric ester groups is 1. The van der Waals surface area contributed by atoms with Crippen molar-refractivity contribution in [1.82, 2.24) is 21.3 Å². The van der Waals surface area contributed by atoms with E-state index in [1.165, 1.54) is 14.1 Å². The Kier molecular flexibility index (Phi) is 12.6. The minimum absolute atomic E-state index is 0.0514. The van der Waals surface area contributed by atoms with Crippen LogP contribution < -0.4 is 26.2 Å². The molecule has 4 amide bonds. The molecule has 0 saturated heterocycles. The Morgan fingerprint density at radius 3 is 2.31 bits per heavy atom. The molecule has 0 radical (unpaired) electrons. The van der Waals surface area contributed by atoms with Crippen molar-refractivity contribution < 1.29 is 32.9 Å². The molecule has 0 aliphatic rings. The molecule has 0 aromatic rings. The van der Waals surface area contributed by atoms with Gasteiger partial charge in [0.1, 0.15) is 6.04 Å². The van der Waals surface area contributed by atoms with Crippen LogP contribution in [0.15, 0.2) is 0 Å². The predicted molar refractivity (Wildman–Crippen MR) is 92.1 cm³/mol. The molecule has 0 aromatic carbocycles. The molecule has 0 rings (SSSR count). The Morgan fingerprint density at radius 1 is 1.08 bits per heavy atom. The fraction of sp³-hybridized carbons (Fsp3) is 0.786. The molecule has 2 atom stereocenters. The Balaban J connectivity index is 3.91. The molecule has 0 bridgehead atoms. The van der Waals surface area contributed by atoms with Crippen molar-refractivity contribution in [2.75, 3.05) is 34.4 Å². The molecule has 0 fully saturated rings. The molecule has 0 aliphatic heterocycles. The van der Waals surface area contributed by atoms with Gasteiger partial charge in [-0.2, -0.15) is 0 Å². The van der Waals surface area contributed by atoms with Gasteiger partial charge in [0.05, 0.1) is 13.0 Å². The van der Waals surface area contributed by atoms with Crippen LogP contribution in [-0.2, 0) is 23.2 Å². The maximum absolute atomic E-state index is 11.8. The molecule has 2 unspecified atom stereocenters. The summed E-state index contributed by atoms with van der Waals surface area (Å²) >= 11 is 0. The van der Waals surface area contributed by atoms with Crippen LogP contribution in [0.4, 0.5) is 4.79 Å². The Morgan fingerprint density at radius 2 is 1.73 bits per heavy atom. The number of rotatable bonds is 13. The molecule has 11 nitrogen and oxygen atoms in total. The number of unbranched alkanes of at least 4 members (excludes halogenated alkanes) is 3. The highest BCUT2D eigenvalue weighted by molar-refractivity contribution is 7.45. The minimum atomic E-state index is -4.16. The summed E-state index contributed by atoms with van der Waals surface area (Å²) in [5.41, 5.74) is 0. The molecule has 0 aliphatic carbocycles. The fourth-order valence-electron chi connectivity index (χ4n) is 1.89. The van der Waals surface area contributed by atoms with E-state index in [4.69, 9.17) is 0 Å². The van der Waals surface area contributed by atoms with E-state index in [9.17, 15) is 23.8 Å². The summed E-state index contributed by atoms with van der Waals surface area (Å²) in [7, 11) is -0.265. The van der Waals surface area contributed by atoms with Gasteiger partial charge in [-0.3, -0.25) is 14.2 Å². The summed E-state index contributed by atoms with van der Waals surface area (Å²) in [4.78, 5) is 45.8. The van der Waals surface area contributed by atoms with E-state index in [-0.39, 0.29) is 18.9 Å². The zero-order valence-corrected chi connectivity index (χ0v) is 16.2. The van der Waals surface area contributed by atoms with Crippen LogP contribution in [0.1, 0.15) is 32.1 Å². The lowest BCUT2D eigenvalue weighted by Crippen LogP contribution is -2.51. The summed E-state index contributed by atoms with van der Waals surface area (Å²) in [5, 5.41) is 9.82. The number of carbonyl (C=O) groups is 3. The molecule has 12 heteroatoms. The van der Waals surface area contributed by atoms with Crippen molar-refractivity contribution >= 4 is 25.7 Å². The molecular weight excluding hydrogens is 367 g/mol. The summed E-state index contributed by atoms with van der Waals surface area (Å²) in [6.07, 6.45) is 2.55. The second-order valence-corrected chi connectivity index (χ2v) is 6.84. The van der Waals surface area contributed by atoms with Gasteiger partial charge < -0.3 is 35.2 Å². The number of amides is 4. The third-order valence-corrected chi connectivity index (χ3v) is 4.31. The molecule has 0 spiro atoms. The second-order valence-electron chi connectivity index (χ2n) is 5.32. The van der Waals surface area contributed by atoms with Crippen LogP contribution in [0.25, 0.3) is 0 Å². The van der Waals surface area contributed by atoms with Crippen LogP contribution in [0.2, 0.25) is 0 Å². The second kappa shape index (κ2) is 13.5. The highest BCUT2D eigenvalue weighted by Crippen LogP contribution is 2.36. The summed E-state index contributed by atoms with van der Waals surface area (Å²) < 4.78 is 19.7. The van der Waals surface area contributed by atoms with E-state index in [1.807, 2.05) is 0 Å². The van der Waals surface area contributed by atoms with E-state index in [1.54, 1.807) is 0 Å². The number of phosphoric acid groups is 1. The van der Waals surface area contributed by atoms with Crippen LogP contribution in [0.3, 0.4) is 0 Å². The monoisotopic (exact) mass is 395 g/mol. The number of urea groups is 1. The Bertz CT molecular complexity index is 504. The summed E-state index contributed by atoms with van der Waals surface area (Å²) in [6, 6.07) is -1.50. The molecule has 0 aromatic heterocycles. The average Bonchev–Trinajstić information content (AvgIpc) is 2.62. The highest BCUT2D eigenvalue weighted by atomic mass is 31.2. The normalized spacial score (nSPS) is 14.0. The van der Waals surface area contributed by atoms with Crippen LogP contribution in [0, 0.1) is 0 Å². The van der Waals surface area contributed by atoms with Gasteiger partial charge in [-0.05, 0) is 12.8 Å². The molecule has 26 heavy (non-hydrogen) atoms. The first-order chi connectivity index (χ1) is 12.3. The first-order valence-electron chi connectivity index (χ1n) is 8.23. The topological polar surface area (TPSA) is 158 Å². The van der Waals surface area contributed by atoms with Crippen LogP contribution in [-0.4, -0.2) is 58.2 Å². The number of hydrogen-bond acceptors (Lipinski definition) is 7. The third-order valence-electron chi connectivity index (χ3n) is 3.37. The number of nitrogens with one attached hydrogen (secondary N) is 4. The molecule has 0 heterocycles. The first-order valence-corrected chi connectivity index (χ1v) is 9.69. The van der Waals surface area contributed by atoms with Crippen molar-refractivity contribution in [3.63, 3.8) is 0 Å². The Hall–Kier alpha value is -1.68. The molecule has 0 saturated carbocycles. The maximum atomic E-state index is 11.8. The van der Waals surface area contributed by atoms with E-state index >= 15 is 0 Å². The van der Waals surface area contributed by atoms with Gasteiger partial charge in [-0.15, -0.1) is 0 Å². The minimum Gasteiger partial charge on any atom is -0.756 e. The Labute approximate surface area is 153 Å². The smallest absolute Gasteiger partial charge is 0.315 e. The largest absolute Gasteiger partial charge is 0.756 e. The van der Waals surface area contributed by atoms with Crippen molar-refractivity contribution in [1.29, 1.82) is 0 Å². The number of likely N-dealkylation sites (N-methyl/N-ethyl adjacent to an activating group) is 1. The van der Waals surface area contributed by atoms with Crippen molar-refractivity contribution in [2.45, 2.75) is 38.1 Å². The summed E-state index contributed by atoms with van der Waals surface area (Å²) in [5.74, 6) is -0.826. The average molecular weight is 395 g/mol. The first kappa shape index (κ1) is 24.3. The lowest BCUT2D eigenvalue weighted by atomic mass is 10.2. The number of hydrogen-bond donors (Lipinski definition) is 4. The highest BCUT2D eigenvalue weighted by Gasteiger charge is 2.22. The van der Waals surface area contributed by atoms with Gasteiger partial charge in [0.2, 0.25) is 11.8 Å². The summed E-state index contributed by atoms with van der Waals surface area (Å²) in [6.45, 7) is 0.432. The molecule has 4 N–H and O–H groups in total. The SMILES string of the molecule is CNC(=O)CC(NC(=O)NCCCCCCOP(=O)([O-])OC)C(=O)NC. The molecule has 152 valence electrons. The van der Waals surface area contributed by atoms with Gasteiger partial charge in [-0.1, -0.05) is 12.8 Å². The zero-order chi connectivity index (χ0) is 20.0. The van der Waals surface area contributed by atoms with E-state index in [2.05, 4.69) is 30.3 Å². The number of carbonyl (C=O) groups excluding carboxylic acids is 3.